The van der Waals surface area contributed by atoms with Gasteiger partial charge in [0, 0.05) is 13.0 Å². The van der Waals surface area contributed by atoms with E-state index in [0.717, 1.165) is 0 Å². The topological polar surface area (TPSA) is 148 Å². The quantitative estimate of drug-likeness (QED) is 0.322. The number of hydrogen-bond donors (Lipinski definition) is 3. The maximum Gasteiger partial charge on any atom is 0.186 e. The van der Waals surface area contributed by atoms with Crippen molar-refractivity contribution in [3.63, 3.8) is 0 Å². The van der Waals surface area contributed by atoms with E-state index < -0.39 is 67.8 Å². The summed E-state index contributed by atoms with van der Waals surface area (Å²) in [4.78, 5) is 4.55. The van der Waals surface area contributed by atoms with E-state index >= 15 is 0 Å². The minimum Gasteiger partial charge on any atom is -0.692 e. The predicted octanol–water partition coefficient (Wildman–Crippen LogP) is -3.19. The summed E-state index contributed by atoms with van der Waals surface area (Å²) in [5, 5.41) is 43.7. The molecular weight excluding hydrogens is 344 g/mol. The summed E-state index contributed by atoms with van der Waals surface area (Å²) < 4.78 is 27.4. The molecule has 4 unspecified atom stereocenters. The van der Waals surface area contributed by atoms with E-state index in [0.29, 0.717) is 0 Å². The SMILES string of the molecule is CO[C@H]1OC2CO[C@@H](C1O)[C@H]2OC1OC(CO)[C@H](OO[O-])[C@H](C)[C@@H]1O. The van der Waals surface area contributed by atoms with Gasteiger partial charge in [0.1, 0.15) is 42.7 Å². The average Bonchev–Trinajstić information content (AvgIpc) is 2.92. The minimum atomic E-state index is -1.17. The molecule has 0 aromatic heterocycles. The Kier molecular flexibility index (Phi) is 6.23. The van der Waals surface area contributed by atoms with Crippen molar-refractivity contribution in [2.45, 2.75) is 62.2 Å². The van der Waals surface area contributed by atoms with Crippen LogP contribution in [0.2, 0.25) is 0 Å². The van der Waals surface area contributed by atoms with Crippen molar-refractivity contribution in [2.75, 3.05) is 20.3 Å². The largest absolute Gasteiger partial charge is 0.692 e. The summed E-state index contributed by atoms with van der Waals surface area (Å²) >= 11 is 0. The summed E-state index contributed by atoms with van der Waals surface area (Å²) in [6.45, 7) is 1.34. The highest BCUT2D eigenvalue weighted by Gasteiger charge is 2.54. The monoisotopic (exact) mass is 367 g/mol. The Morgan fingerprint density at radius 3 is 2.52 bits per heavy atom. The molecular formula is C14H23O11-. The fraction of sp³-hybridized carbons (Fsp3) is 1.00. The van der Waals surface area contributed by atoms with Crippen molar-refractivity contribution >= 4 is 0 Å². The van der Waals surface area contributed by atoms with Gasteiger partial charge in [-0.05, 0) is 0 Å². The zero-order valence-corrected chi connectivity index (χ0v) is 13.8. The molecule has 11 nitrogen and oxygen atoms in total. The Balaban J connectivity index is 1.68. The van der Waals surface area contributed by atoms with Crippen LogP contribution in [0.25, 0.3) is 0 Å². The maximum atomic E-state index is 10.4. The van der Waals surface area contributed by atoms with Crippen LogP contribution >= 0.6 is 0 Å². The second kappa shape index (κ2) is 8.06. The smallest absolute Gasteiger partial charge is 0.186 e. The van der Waals surface area contributed by atoms with Crippen LogP contribution in [0, 0.1) is 5.92 Å². The summed E-state index contributed by atoms with van der Waals surface area (Å²) in [7, 11) is 1.41. The lowest BCUT2D eigenvalue weighted by Crippen LogP contribution is -2.60. The molecule has 11 heteroatoms. The first-order valence-electron chi connectivity index (χ1n) is 8.04. The molecule has 3 aliphatic rings. The van der Waals surface area contributed by atoms with Gasteiger partial charge in [-0.3, -0.25) is 5.04 Å². The number of rotatable bonds is 6. The van der Waals surface area contributed by atoms with E-state index in [1.54, 1.807) is 6.92 Å². The molecule has 10 atom stereocenters. The highest BCUT2D eigenvalue weighted by atomic mass is 17.5. The third kappa shape index (κ3) is 3.55. The average molecular weight is 367 g/mol. The van der Waals surface area contributed by atoms with Gasteiger partial charge in [0.05, 0.1) is 13.2 Å². The first-order valence-corrected chi connectivity index (χ1v) is 8.04. The summed E-state index contributed by atoms with van der Waals surface area (Å²) in [5.74, 6) is -0.621. The van der Waals surface area contributed by atoms with Gasteiger partial charge in [-0.15, -0.1) is 0 Å². The molecule has 3 heterocycles. The Morgan fingerprint density at radius 1 is 1.12 bits per heavy atom. The van der Waals surface area contributed by atoms with E-state index in [4.69, 9.17) is 23.7 Å². The van der Waals surface area contributed by atoms with Gasteiger partial charge >= 0.3 is 0 Å². The second-order valence-electron chi connectivity index (χ2n) is 6.37. The molecule has 3 rings (SSSR count). The van der Waals surface area contributed by atoms with Crippen LogP contribution in [0.4, 0.5) is 0 Å². The van der Waals surface area contributed by atoms with Crippen molar-refractivity contribution < 1.29 is 54.2 Å². The Labute approximate surface area is 143 Å². The standard InChI is InChI=1S/C14H24O11/c1-5-8(16)14(21-6(3-15)10(5)24-25-18)23-11-7-4-20-12(11)9(17)13(19-2)22-7/h5-18H,3-4H2,1-2H3/p-1/t5-,6?,7?,8+,9?,10-,11+,12+,13+,14?/m1/s1. The molecule has 2 bridgehead atoms. The summed E-state index contributed by atoms with van der Waals surface area (Å²) in [5.41, 5.74) is 0. The molecule has 146 valence electrons. The fourth-order valence-corrected chi connectivity index (χ4v) is 3.50. The van der Waals surface area contributed by atoms with Gasteiger partial charge in [-0.2, -0.15) is 0 Å². The van der Waals surface area contributed by atoms with Crippen molar-refractivity contribution in [3.8, 4) is 0 Å². The number of aliphatic hydroxyl groups excluding tert-OH is 3. The van der Waals surface area contributed by atoms with Crippen LogP contribution in [0.1, 0.15) is 6.92 Å². The van der Waals surface area contributed by atoms with Crippen molar-refractivity contribution in [3.05, 3.63) is 0 Å². The Morgan fingerprint density at radius 2 is 1.88 bits per heavy atom. The van der Waals surface area contributed by atoms with Crippen LogP contribution < -0.4 is 5.26 Å². The van der Waals surface area contributed by atoms with E-state index in [9.17, 15) is 20.6 Å². The van der Waals surface area contributed by atoms with E-state index in [1.807, 2.05) is 0 Å². The normalized spacial score (nSPS) is 50.2. The molecule has 3 aliphatic heterocycles. The highest BCUT2D eigenvalue weighted by molar-refractivity contribution is 4.97. The summed E-state index contributed by atoms with van der Waals surface area (Å²) in [6, 6.07) is 0. The van der Waals surface area contributed by atoms with Gasteiger partial charge in [-0.1, -0.05) is 6.92 Å². The van der Waals surface area contributed by atoms with Crippen LogP contribution in [0.5, 0.6) is 0 Å². The molecule has 0 aliphatic carbocycles. The lowest BCUT2D eigenvalue weighted by molar-refractivity contribution is -0.807. The van der Waals surface area contributed by atoms with Crippen molar-refractivity contribution in [1.82, 2.24) is 0 Å². The third-order valence-corrected chi connectivity index (χ3v) is 4.93. The molecule has 0 aromatic rings. The first-order chi connectivity index (χ1) is 12.0. The zero-order valence-electron chi connectivity index (χ0n) is 13.8. The maximum absolute atomic E-state index is 10.4. The number of fused-ring (bicyclic) bond motifs is 2. The van der Waals surface area contributed by atoms with Crippen LogP contribution in [0.3, 0.4) is 0 Å². The Bertz CT molecular complexity index is 435. The highest BCUT2D eigenvalue weighted by Crippen LogP contribution is 2.36. The van der Waals surface area contributed by atoms with Crippen molar-refractivity contribution in [1.29, 1.82) is 0 Å². The lowest BCUT2D eigenvalue weighted by Gasteiger charge is -2.45. The van der Waals surface area contributed by atoms with Gasteiger partial charge in [-0.25, -0.2) is 4.89 Å². The number of aliphatic hydroxyl groups is 3. The van der Waals surface area contributed by atoms with Crippen LogP contribution in [-0.4, -0.2) is 91.0 Å². The van der Waals surface area contributed by atoms with E-state index in [2.05, 4.69) is 9.93 Å². The lowest BCUT2D eigenvalue weighted by atomic mass is 9.90. The summed E-state index contributed by atoms with van der Waals surface area (Å²) in [6.07, 6.45) is -7.99. The van der Waals surface area contributed by atoms with E-state index in [1.165, 1.54) is 7.11 Å². The molecule has 0 spiro atoms. The molecule has 0 radical (unpaired) electrons. The second-order valence-corrected chi connectivity index (χ2v) is 6.37. The number of ether oxygens (including phenoxy) is 5. The molecule has 3 N–H and O–H groups in total. The first kappa shape index (κ1) is 19.3. The molecule has 0 saturated carbocycles. The van der Waals surface area contributed by atoms with Crippen molar-refractivity contribution in [2.24, 2.45) is 5.92 Å². The number of methoxy groups -OCH3 is 1. The van der Waals surface area contributed by atoms with Crippen LogP contribution in [0.15, 0.2) is 0 Å². The predicted molar refractivity (Wildman–Crippen MR) is 73.2 cm³/mol. The molecule has 0 aromatic carbocycles. The molecule has 0 amide bonds. The van der Waals surface area contributed by atoms with Gasteiger partial charge in [0.25, 0.3) is 0 Å². The van der Waals surface area contributed by atoms with Gasteiger partial charge < -0.3 is 44.3 Å². The Hall–Kier alpha value is -0.440. The zero-order chi connectivity index (χ0) is 18.1. The third-order valence-electron chi connectivity index (χ3n) is 4.93. The molecule has 3 fully saturated rings. The van der Waals surface area contributed by atoms with Crippen LogP contribution in [-0.2, 0) is 33.6 Å². The molecule has 25 heavy (non-hydrogen) atoms. The van der Waals surface area contributed by atoms with Gasteiger partial charge in [0.15, 0.2) is 12.6 Å². The minimum absolute atomic E-state index is 0.198. The van der Waals surface area contributed by atoms with E-state index in [-0.39, 0.29) is 6.61 Å². The molecule has 3 saturated heterocycles. The fourth-order valence-electron chi connectivity index (χ4n) is 3.50. The van der Waals surface area contributed by atoms with Gasteiger partial charge in [0.2, 0.25) is 0 Å². The number of hydrogen-bond acceptors (Lipinski definition) is 11.